The van der Waals surface area contributed by atoms with E-state index in [1.807, 2.05) is 0 Å². The number of carbonyl (C=O) groups is 1. The Labute approximate surface area is 152 Å². The molecule has 136 valence electrons. The molecule has 25 heavy (non-hydrogen) atoms. The summed E-state index contributed by atoms with van der Waals surface area (Å²) < 4.78 is 4.99. The van der Waals surface area contributed by atoms with Crippen molar-refractivity contribution in [2.75, 3.05) is 22.9 Å². The van der Waals surface area contributed by atoms with E-state index in [2.05, 4.69) is 32.7 Å². The van der Waals surface area contributed by atoms with Crippen molar-refractivity contribution >= 4 is 29.4 Å². The van der Waals surface area contributed by atoms with Gasteiger partial charge in [-0.25, -0.2) is 9.97 Å². The molecular weight excluding hydrogens is 338 g/mol. The largest absolute Gasteiger partial charge is 0.360 e. The molecule has 1 unspecified atom stereocenters. The third-order valence-electron chi connectivity index (χ3n) is 3.48. The molecule has 0 saturated carbocycles. The van der Waals surface area contributed by atoms with Crippen LogP contribution in [0.2, 0.25) is 0 Å². The van der Waals surface area contributed by atoms with Gasteiger partial charge in [0.05, 0.1) is 5.25 Å². The van der Waals surface area contributed by atoms with Crippen LogP contribution in [-0.2, 0) is 4.79 Å². The molecule has 2 rings (SSSR count). The topological polar surface area (TPSA) is 92.9 Å². The van der Waals surface area contributed by atoms with Gasteiger partial charge in [-0.05, 0) is 31.6 Å². The van der Waals surface area contributed by atoms with E-state index in [4.69, 9.17) is 4.52 Å². The SMILES string of the molecule is CCCCC(SCCCNc1ncccn1)C(=O)Nc1cc(C)on1. The van der Waals surface area contributed by atoms with Gasteiger partial charge in [0.2, 0.25) is 11.9 Å². The van der Waals surface area contributed by atoms with Crippen molar-refractivity contribution < 1.29 is 9.32 Å². The molecule has 1 amide bonds. The van der Waals surface area contributed by atoms with Gasteiger partial charge >= 0.3 is 0 Å². The molecule has 2 aromatic heterocycles. The van der Waals surface area contributed by atoms with Crippen molar-refractivity contribution in [1.82, 2.24) is 15.1 Å². The van der Waals surface area contributed by atoms with E-state index in [-0.39, 0.29) is 11.2 Å². The van der Waals surface area contributed by atoms with Crippen molar-refractivity contribution in [2.45, 2.75) is 44.8 Å². The molecule has 7 nitrogen and oxygen atoms in total. The maximum atomic E-state index is 12.5. The van der Waals surface area contributed by atoms with E-state index in [9.17, 15) is 4.79 Å². The van der Waals surface area contributed by atoms with Crippen LogP contribution in [0.25, 0.3) is 0 Å². The van der Waals surface area contributed by atoms with E-state index in [0.717, 1.165) is 38.0 Å². The van der Waals surface area contributed by atoms with E-state index < -0.39 is 0 Å². The number of unbranched alkanes of at least 4 members (excludes halogenated alkanes) is 1. The Kier molecular flexibility index (Phi) is 8.24. The van der Waals surface area contributed by atoms with Crippen LogP contribution in [0.5, 0.6) is 0 Å². The lowest BCUT2D eigenvalue weighted by Crippen LogP contribution is -2.26. The fourth-order valence-electron chi connectivity index (χ4n) is 2.20. The van der Waals surface area contributed by atoms with Gasteiger partial charge in [0.1, 0.15) is 5.76 Å². The standard InChI is InChI=1S/C17H25N5O2S/c1-3-4-7-14(16(23)21-15-12-13(2)24-22-15)25-11-6-10-20-17-18-8-5-9-19-17/h5,8-9,12,14H,3-4,6-7,10-11H2,1-2H3,(H,18,19,20)(H,21,22,23). The second-order valence-electron chi connectivity index (χ2n) is 5.67. The highest BCUT2D eigenvalue weighted by Gasteiger charge is 2.19. The molecule has 8 heteroatoms. The van der Waals surface area contributed by atoms with Crippen molar-refractivity contribution in [3.63, 3.8) is 0 Å². The average molecular weight is 363 g/mol. The molecule has 0 aliphatic heterocycles. The zero-order valence-corrected chi connectivity index (χ0v) is 15.5. The van der Waals surface area contributed by atoms with Gasteiger partial charge < -0.3 is 15.2 Å². The van der Waals surface area contributed by atoms with Crippen LogP contribution < -0.4 is 10.6 Å². The number of thioether (sulfide) groups is 1. The van der Waals surface area contributed by atoms with Gasteiger partial charge in [-0.15, -0.1) is 11.8 Å². The van der Waals surface area contributed by atoms with Gasteiger partial charge in [-0.2, -0.15) is 0 Å². The molecule has 2 heterocycles. The van der Waals surface area contributed by atoms with Crippen LogP contribution >= 0.6 is 11.8 Å². The molecule has 0 fully saturated rings. The number of nitrogens with zero attached hydrogens (tertiary/aromatic N) is 3. The van der Waals surface area contributed by atoms with Crippen LogP contribution in [0.1, 0.15) is 38.4 Å². The number of hydrogen-bond donors (Lipinski definition) is 2. The maximum Gasteiger partial charge on any atom is 0.238 e. The number of aryl methyl sites for hydroxylation is 1. The lowest BCUT2D eigenvalue weighted by Gasteiger charge is -2.15. The Bertz CT molecular complexity index is 635. The summed E-state index contributed by atoms with van der Waals surface area (Å²) in [4.78, 5) is 20.7. The number of rotatable bonds is 11. The summed E-state index contributed by atoms with van der Waals surface area (Å²) in [6.45, 7) is 4.71. The molecule has 1 atom stereocenters. The van der Waals surface area contributed by atoms with E-state index in [1.54, 1.807) is 43.2 Å². The minimum atomic E-state index is -0.0788. The summed E-state index contributed by atoms with van der Waals surface area (Å²) in [6, 6.07) is 3.51. The molecule has 0 saturated heterocycles. The lowest BCUT2D eigenvalue weighted by molar-refractivity contribution is -0.115. The van der Waals surface area contributed by atoms with Gasteiger partial charge in [0.25, 0.3) is 0 Å². The monoisotopic (exact) mass is 363 g/mol. The van der Waals surface area contributed by atoms with E-state index in [0.29, 0.717) is 17.5 Å². The molecule has 2 N–H and O–H groups in total. The zero-order valence-electron chi connectivity index (χ0n) is 14.7. The summed E-state index contributed by atoms with van der Waals surface area (Å²) in [5, 5.41) is 9.76. The first kappa shape index (κ1) is 19.2. The first-order chi connectivity index (χ1) is 12.2. The van der Waals surface area contributed by atoms with Crippen molar-refractivity contribution in [1.29, 1.82) is 0 Å². The summed E-state index contributed by atoms with van der Waals surface area (Å²) >= 11 is 1.68. The van der Waals surface area contributed by atoms with E-state index >= 15 is 0 Å². The van der Waals surface area contributed by atoms with Gasteiger partial charge in [0, 0.05) is 25.0 Å². The molecule has 0 aromatic carbocycles. The molecule has 0 bridgehead atoms. The van der Waals surface area contributed by atoms with Gasteiger partial charge in [-0.3, -0.25) is 4.79 Å². The highest BCUT2D eigenvalue weighted by Crippen LogP contribution is 2.20. The number of hydrogen-bond acceptors (Lipinski definition) is 7. The van der Waals surface area contributed by atoms with Gasteiger partial charge in [0.15, 0.2) is 5.82 Å². The summed E-state index contributed by atoms with van der Waals surface area (Å²) in [5.74, 6) is 2.68. The second-order valence-corrected chi connectivity index (χ2v) is 6.98. The quantitative estimate of drug-likeness (QED) is 0.590. The normalized spacial score (nSPS) is 11.9. The smallest absolute Gasteiger partial charge is 0.238 e. The lowest BCUT2D eigenvalue weighted by atomic mass is 10.2. The molecule has 0 aliphatic rings. The summed E-state index contributed by atoms with van der Waals surface area (Å²) in [7, 11) is 0. The fraction of sp³-hybridized carbons (Fsp3) is 0.529. The molecule has 0 radical (unpaired) electrons. The Morgan fingerprint density at radius 2 is 2.12 bits per heavy atom. The Hall–Kier alpha value is -2.09. The predicted octanol–water partition coefficient (Wildman–Crippen LogP) is 3.51. The van der Waals surface area contributed by atoms with Crippen LogP contribution in [0.15, 0.2) is 29.0 Å². The summed E-state index contributed by atoms with van der Waals surface area (Å²) in [6.07, 6.45) is 7.31. The Morgan fingerprint density at radius 1 is 1.32 bits per heavy atom. The molecular formula is C17H25N5O2S. The third-order valence-corrected chi connectivity index (χ3v) is 4.86. The first-order valence-electron chi connectivity index (χ1n) is 8.55. The second kappa shape index (κ2) is 10.7. The highest BCUT2D eigenvalue weighted by molar-refractivity contribution is 8.00. The van der Waals surface area contributed by atoms with Crippen LogP contribution in [-0.4, -0.2) is 38.6 Å². The minimum Gasteiger partial charge on any atom is -0.360 e. The van der Waals surface area contributed by atoms with Gasteiger partial charge in [-0.1, -0.05) is 24.9 Å². The number of aromatic nitrogens is 3. The number of anilines is 2. The van der Waals surface area contributed by atoms with Crippen LogP contribution in [0, 0.1) is 6.92 Å². The van der Waals surface area contributed by atoms with Crippen molar-refractivity contribution in [3.8, 4) is 0 Å². The number of carbonyl (C=O) groups excluding carboxylic acids is 1. The first-order valence-corrected chi connectivity index (χ1v) is 9.60. The van der Waals surface area contributed by atoms with E-state index in [1.165, 1.54) is 0 Å². The number of amides is 1. The highest BCUT2D eigenvalue weighted by atomic mass is 32.2. The molecule has 2 aromatic rings. The molecule has 0 spiro atoms. The average Bonchev–Trinajstić information content (AvgIpc) is 3.03. The predicted molar refractivity (Wildman–Crippen MR) is 101 cm³/mol. The third kappa shape index (κ3) is 7.13. The zero-order chi connectivity index (χ0) is 17.9. The van der Waals surface area contributed by atoms with Crippen LogP contribution in [0.4, 0.5) is 11.8 Å². The fourth-order valence-corrected chi connectivity index (χ4v) is 3.34. The maximum absolute atomic E-state index is 12.5. The number of nitrogens with one attached hydrogen (secondary N) is 2. The Morgan fingerprint density at radius 3 is 2.80 bits per heavy atom. The van der Waals surface area contributed by atoms with Crippen molar-refractivity contribution in [3.05, 3.63) is 30.3 Å². The summed E-state index contributed by atoms with van der Waals surface area (Å²) in [5.41, 5.74) is 0. The molecule has 0 aliphatic carbocycles. The van der Waals surface area contributed by atoms with Crippen molar-refractivity contribution in [2.24, 2.45) is 0 Å². The van der Waals surface area contributed by atoms with Crippen LogP contribution in [0.3, 0.4) is 0 Å². The minimum absolute atomic E-state index is 0.00824. The Balaban J connectivity index is 1.73.